The highest BCUT2D eigenvalue weighted by Crippen LogP contribution is 2.27. The molecule has 2 aliphatic heterocycles. The summed E-state index contributed by atoms with van der Waals surface area (Å²) < 4.78 is 0. The van der Waals surface area contributed by atoms with Crippen LogP contribution in [0.15, 0.2) is 78.9 Å². The molecule has 2 heterocycles. The second-order valence-corrected chi connectivity index (χ2v) is 8.63. The second kappa shape index (κ2) is 8.64. The molecule has 166 valence electrons. The predicted octanol–water partition coefficient (Wildman–Crippen LogP) is 3.61. The minimum absolute atomic E-state index is 0.00419. The summed E-state index contributed by atoms with van der Waals surface area (Å²) >= 11 is 0. The fourth-order valence-electron chi connectivity index (χ4n) is 4.61. The number of carbonyl (C=O) groups excluding carboxylic acids is 3. The molecular formula is C27H25N3O3. The molecule has 33 heavy (non-hydrogen) atoms. The van der Waals surface area contributed by atoms with Crippen LogP contribution in [0.3, 0.4) is 0 Å². The van der Waals surface area contributed by atoms with Gasteiger partial charge in [0.15, 0.2) is 0 Å². The first-order valence-electron chi connectivity index (χ1n) is 11.1. The molecule has 1 unspecified atom stereocenters. The minimum atomic E-state index is -0.279. The maximum Gasteiger partial charge on any atom is 0.261 e. The van der Waals surface area contributed by atoms with Crippen LogP contribution in [0, 0.1) is 0 Å². The Bertz CT molecular complexity index is 1170. The standard InChI is InChI=1S/C27H25N3O3/c1-28-15-16-29(24(18-28)20-7-3-2-4-8-20)25(31)21-13-11-19(12-14-21)17-30-26(32)22-9-5-6-10-23(22)27(30)33/h2-14,24H,15-18H2,1H3. The van der Waals surface area contributed by atoms with Crippen molar-refractivity contribution >= 4 is 17.7 Å². The quantitative estimate of drug-likeness (QED) is 0.583. The Kier molecular flexibility index (Phi) is 5.52. The lowest BCUT2D eigenvalue weighted by molar-refractivity contribution is 0.0497. The first-order chi connectivity index (χ1) is 16.0. The third kappa shape index (κ3) is 3.94. The molecule has 6 heteroatoms. The fraction of sp³-hybridized carbons (Fsp3) is 0.222. The highest BCUT2D eigenvalue weighted by atomic mass is 16.2. The first kappa shape index (κ1) is 21.1. The Balaban J connectivity index is 1.33. The lowest BCUT2D eigenvalue weighted by Crippen LogP contribution is -2.49. The van der Waals surface area contributed by atoms with Crippen LogP contribution in [0.5, 0.6) is 0 Å². The number of piperazine rings is 1. The maximum atomic E-state index is 13.4. The Morgan fingerprint density at radius 1 is 0.818 bits per heavy atom. The second-order valence-electron chi connectivity index (χ2n) is 8.63. The molecule has 0 spiro atoms. The summed E-state index contributed by atoms with van der Waals surface area (Å²) in [5.74, 6) is -0.568. The van der Waals surface area contributed by atoms with Crippen molar-refractivity contribution in [3.8, 4) is 0 Å². The van der Waals surface area contributed by atoms with Gasteiger partial charge in [-0.25, -0.2) is 0 Å². The zero-order chi connectivity index (χ0) is 22.9. The van der Waals surface area contributed by atoms with Crippen molar-refractivity contribution in [2.45, 2.75) is 12.6 Å². The largest absolute Gasteiger partial charge is 0.329 e. The number of fused-ring (bicyclic) bond motifs is 1. The molecule has 0 saturated carbocycles. The molecule has 3 aromatic rings. The third-order valence-corrected chi connectivity index (χ3v) is 6.45. The van der Waals surface area contributed by atoms with Crippen LogP contribution in [0.4, 0.5) is 0 Å². The van der Waals surface area contributed by atoms with Crippen molar-refractivity contribution in [1.82, 2.24) is 14.7 Å². The fourth-order valence-corrected chi connectivity index (χ4v) is 4.61. The van der Waals surface area contributed by atoms with Crippen molar-refractivity contribution in [2.75, 3.05) is 26.7 Å². The molecule has 1 fully saturated rings. The molecule has 3 aromatic carbocycles. The Hall–Kier alpha value is -3.77. The van der Waals surface area contributed by atoms with Gasteiger partial charge in [-0.05, 0) is 42.4 Å². The molecular weight excluding hydrogens is 414 g/mol. The van der Waals surface area contributed by atoms with E-state index in [0.29, 0.717) is 23.2 Å². The van der Waals surface area contributed by atoms with Crippen molar-refractivity contribution in [3.05, 3.63) is 107 Å². The van der Waals surface area contributed by atoms with Gasteiger partial charge in [0.1, 0.15) is 0 Å². The molecule has 3 amide bonds. The Labute approximate surface area is 193 Å². The van der Waals surface area contributed by atoms with Crippen molar-refractivity contribution in [2.24, 2.45) is 0 Å². The molecule has 0 aromatic heterocycles. The molecule has 6 nitrogen and oxygen atoms in total. The van der Waals surface area contributed by atoms with E-state index in [1.807, 2.05) is 35.2 Å². The van der Waals surface area contributed by atoms with Crippen LogP contribution >= 0.6 is 0 Å². The molecule has 2 aliphatic rings. The number of benzene rings is 3. The molecule has 0 aliphatic carbocycles. The van der Waals surface area contributed by atoms with Gasteiger partial charge in [-0.1, -0.05) is 54.6 Å². The van der Waals surface area contributed by atoms with Gasteiger partial charge in [0, 0.05) is 25.2 Å². The van der Waals surface area contributed by atoms with Crippen molar-refractivity contribution in [3.63, 3.8) is 0 Å². The van der Waals surface area contributed by atoms with E-state index in [1.165, 1.54) is 4.90 Å². The number of nitrogens with zero attached hydrogens (tertiary/aromatic N) is 3. The first-order valence-corrected chi connectivity index (χ1v) is 11.1. The number of hydrogen-bond donors (Lipinski definition) is 0. The van der Waals surface area contributed by atoms with E-state index in [1.54, 1.807) is 36.4 Å². The molecule has 0 radical (unpaired) electrons. The average molecular weight is 440 g/mol. The van der Waals surface area contributed by atoms with E-state index >= 15 is 0 Å². The Morgan fingerprint density at radius 2 is 1.42 bits per heavy atom. The van der Waals surface area contributed by atoms with Crippen LogP contribution in [0.1, 0.15) is 48.2 Å². The van der Waals surface area contributed by atoms with E-state index in [2.05, 4.69) is 24.1 Å². The van der Waals surface area contributed by atoms with Gasteiger partial charge in [0.05, 0.1) is 23.7 Å². The SMILES string of the molecule is CN1CCN(C(=O)c2ccc(CN3C(=O)c4ccccc4C3=O)cc2)C(c2ccccc2)C1. The van der Waals surface area contributed by atoms with Gasteiger partial charge < -0.3 is 9.80 Å². The Morgan fingerprint density at radius 3 is 2.06 bits per heavy atom. The van der Waals surface area contributed by atoms with E-state index in [4.69, 9.17) is 0 Å². The van der Waals surface area contributed by atoms with Crippen molar-refractivity contribution in [1.29, 1.82) is 0 Å². The lowest BCUT2D eigenvalue weighted by Gasteiger charge is -2.40. The number of rotatable bonds is 4. The van der Waals surface area contributed by atoms with E-state index in [0.717, 1.165) is 24.2 Å². The van der Waals surface area contributed by atoms with Gasteiger partial charge >= 0.3 is 0 Å². The van der Waals surface area contributed by atoms with Gasteiger partial charge in [0.25, 0.3) is 17.7 Å². The van der Waals surface area contributed by atoms with E-state index < -0.39 is 0 Å². The van der Waals surface area contributed by atoms with E-state index in [9.17, 15) is 14.4 Å². The number of hydrogen-bond acceptors (Lipinski definition) is 4. The summed E-state index contributed by atoms with van der Waals surface area (Å²) in [6.07, 6.45) is 0. The molecule has 0 bridgehead atoms. The average Bonchev–Trinajstić information content (AvgIpc) is 3.09. The number of carbonyl (C=O) groups is 3. The van der Waals surface area contributed by atoms with Crippen LogP contribution in [-0.4, -0.2) is 59.1 Å². The van der Waals surface area contributed by atoms with Crippen molar-refractivity contribution < 1.29 is 14.4 Å². The van der Waals surface area contributed by atoms with Gasteiger partial charge in [-0.15, -0.1) is 0 Å². The number of imide groups is 1. The van der Waals surface area contributed by atoms with Crippen LogP contribution in [0.2, 0.25) is 0 Å². The normalized spacial score (nSPS) is 18.5. The van der Waals surface area contributed by atoms with Crippen LogP contribution in [-0.2, 0) is 6.54 Å². The molecule has 5 rings (SSSR count). The summed E-state index contributed by atoms with van der Waals surface area (Å²) in [4.78, 5) is 44.1. The van der Waals surface area contributed by atoms with Gasteiger partial charge in [-0.3, -0.25) is 19.3 Å². The maximum absolute atomic E-state index is 13.4. The van der Waals surface area contributed by atoms with E-state index in [-0.39, 0.29) is 30.3 Å². The summed E-state index contributed by atoms with van der Waals surface area (Å²) in [6.45, 7) is 2.45. The molecule has 1 saturated heterocycles. The van der Waals surface area contributed by atoms with Crippen LogP contribution < -0.4 is 0 Å². The summed E-state index contributed by atoms with van der Waals surface area (Å²) in [7, 11) is 2.08. The number of likely N-dealkylation sites (N-methyl/N-ethyl adjacent to an activating group) is 1. The van der Waals surface area contributed by atoms with Gasteiger partial charge in [0.2, 0.25) is 0 Å². The monoisotopic (exact) mass is 439 g/mol. The summed E-state index contributed by atoms with van der Waals surface area (Å²) in [5, 5.41) is 0. The third-order valence-electron chi connectivity index (χ3n) is 6.45. The topological polar surface area (TPSA) is 60.9 Å². The summed E-state index contributed by atoms with van der Waals surface area (Å²) in [6, 6.07) is 24.2. The predicted molar refractivity (Wildman–Crippen MR) is 125 cm³/mol. The smallest absolute Gasteiger partial charge is 0.261 e. The zero-order valence-electron chi connectivity index (χ0n) is 18.5. The lowest BCUT2D eigenvalue weighted by atomic mass is 10.0. The van der Waals surface area contributed by atoms with Gasteiger partial charge in [-0.2, -0.15) is 0 Å². The molecule has 0 N–H and O–H groups in total. The van der Waals surface area contributed by atoms with Crippen LogP contribution in [0.25, 0.3) is 0 Å². The highest BCUT2D eigenvalue weighted by molar-refractivity contribution is 6.21. The summed E-state index contributed by atoms with van der Waals surface area (Å²) in [5.41, 5.74) is 3.41. The molecule has 1 atom stereocenters. The minimum Gasteiger partial charge on any atom is -0.329 e. The number of amides is 3. The zero-order valence-corrected chi connectivity index (χ0v) is 18.5. The highest BCUT2D eigenvalue weighted by Gasteiger charge is 2.35.